The van der Waals surface area contributed by atoms with Crippen LogP contribution in [0, 0.1) is 20.8 Å². The van der Waals surface area contributed by atoms with Crippen LogP contribution in [0.5, 0.6) is 11.5 Å². The summed E-state index contributed by atoms with van der Waals surface area (Å²) in [5.74, 6) is 0.721. The number of fused-ring (bicyclic) bond motifs is 1. The van der Waals surface area contributed by atoms with Gasteiger partial charge in [-0.3, -0.25) is 14.2 Å². The van der Waals surface area contributed by atoms with Crippen LogP contribution in [-0.4, -0.2) is 29.3 Å². The standard InChI is InChI=1S/C36H34N4O4S/c1-21-12-10-11-15-28(21)38-34(41)32-23(3)37-36-40(33(32)25-16-17-29(43-5)30(19-25)44-6)35(42)31(45-36)20-26-18-22(2)39(24(26)4)27-13-8-7-9-14-27/h7-20,33H,1-6H3,(H,38,41). The number of hydrogen-bond donors (Lipinski definition) is 1. The lowest BCUT2D eigenvalue weighted by Gasteiger charge is -2.26. The largest absolute Gasteiger partial charge is 0.493 e. The molecule has 3 heterocycles. The maximum atomic E-state index is 14.3. The number of amides is 1. The molecule has 1 N–H and O–H groups in total. The van der Waals surface area contributed by atoms with Crippen LogP contribution in [0.25, 0.3) is 11.8 Å². The zero-order valence-corrected chi connectivity index (χ0v) is 26.9. The number of nitrogens with one attached hydrogen (secondary N) is 1. The highest BCUT2D eigenvalue weighted by molar-refractivity contribution is 7.07. The summed E-state index contributed by atoms with van der Waals surface area (Å²) < 4.78 is 15.4. The van der Waals surface area contributed by atoms with E-state index >= 15 is 0 Å². The summed E-state index contributed by atoms with van der Waals surface area (Å²) in [6.45, 7) is 7.85. The molecule has 9 heteroatoms. The summed E-state index contributed by atoms with van der Waals surface area (Å²) in [6, 6.07) is 24.5. The number of para-hydroxylation sites is 2. The Labute approximate surface area is 265 Å². The summed E-state index contributed by atoms with van der Waals surface area (Å²) >= 11 is 1.31. The van der Waals surface area contributed by atoms with Crippen molar-refractivity contribution in [3.8, 4) is 17.2 Å². The molecule has 0 radical (unpaired) electrons. The van der Waals surface area contributed by atoms with E-state index in [1.54, 1.807) is 24.9 Å². The van der Waals surface area contributed by atoms with E-state index in [0.29, 0.717) is 43.4 Å². The molecule has 1 aliphatic rings. The number of anilines is 1. The molecule has 0 saturated carbocycles. The number of methoxy groups -OCH3 is 2. The predicted molar refractivity (Wildman–Crippen MR) is 178 cm³/mol. The fourth-order valence-electron chi connectivity index (χ4n) is 5.90. The molecule has 8 nitrogen and oxygen atoms in total. The summed E-state index contributed by atoms with van der Waals surface area (Å²) in [6.07, 6.45) is 1.92. The molecule has 1 amide bonds. The minimum Gasteiger partial charge on any atom is -0.493 e. The Balaban J connectivity index is 1.52. The average Bonchev–Trinajstić information content (AvgIpc) is 3.50. The normalized spacial score (nSPS) is 14.6. The first kappa shape index (κ1) is 29.9. The van der Waals surface area contributed by atoms with Crippen LogP contribution in [0.4, 0.5) is 5.69 Å². The van der Waals surface area contributed by atoms with Crippen LogP contribution in [0.2, 0.25) is 0 Å². The molecule has 0 spiro atoms. The molecular formula is C36H34N4O4S. The van der Waals surface area contributed by atoms with Crippen molar-refractivity contribution in [2.24, 2.45) is 4.99 Å². The van der Waals surface area contributed by atoms with Crippen molar-refractivity contribution in [1.29, 1.82) is 0 Å². The maximum Gasteiger partial charge on any atom is 0.271 e. The van der Waals surface area contributed by atoms with Crippen LogP contribution in [-0.2, 0) is 4.79 Å². The highest BCUT2D eigenvalue weighted by atomic mass is 32.1. The zero-order valence-electron chi connectivity index (χ0n) is 26.0. The van der Waals surface area contributed by atoms with E-state index in [4.69, 9.17) is 14.5 Å². The first-order valence-electron chi connectivity index (χ1n) is 14.6. The minimum absolute atomic E-state index is 0.225. The van der Waals surface area contributed by atoms with E-state index in [0.717, 1.165) is 28.2 Å². The minimum atomic E-state index is -0.746. The smallest absolute Gasteiger partial charge is 0.271 e. The number of aromatic nitrogens is 2. The predicted octanol–water partition coefficient (Wildman–Crippen LogP) is 5.61. The van der Waals surface area contributed by atoms with Crippen molar-refractivity contribution in [3.63, 3.8) is 0 Å². The number of aryl methyl sites for hydroxylation is 2. The third-order valence-electron chi connectivity index (χ3n) is 8.15. The van der Waals surface area contributed by atoms with Crippen LogP contribution in [0.15, 0.2) is 99.9 Å². The van der Waals surface area contributed by atoms with E-state index in [9.17, 15) is 9.59 Å². The van der Waals surface area contributed by atoms with E-state index < -0.39 is 6.04 Å². The van der Waals surface area contributed by atoms with Crippen LogP contribution >= 0.6 is 11.3 Å². The van der Waals surface area contributed by atoms with Gasteiger partial charge in [0.25, 0.3) is 11.5 Å². The highest BCUT2D eigenvalue weighted by Crippen LogP contribution is 2.36. The fraction of sp³-hybridized carbons (Fsp3) is 0.194. The van der Waals surface area contributed by atoms with Gasteiger partial charge in [0, 0.05) is 22.8 Å². The van der Waals surface area contributed by atoms with Crippen molar-refractivity contribution in [2.75, 3.05) is 19.5 Å². The molecule has 6 rings (SSSR count). The quantitative estimate of drug-likeness (QED) is 0.257. The number of benzene rings is 3. The molecule has 1 atom stereocenters. The molecule has 0 saturated heterocycles. The molecule has 0 aliphatic carbocycles. The topological polar surface area (TPSA) is 86.9 Å². The van der Waals surface area contributed by atoms with Crippen molar-refractivity contribution in [1.82, 2.24) is 9.13 Å². The molecule has 1 aliphatic heterocycles. The highest BCUT2D eigenvalue weighted by Gasteiger charge is 2.33. The Kier molecular flexibility index (Phi) is 8.03. The van der Waals surface area contributed by atoms with Gasteiger partial charge < -0.3 is 19.4 Å². The van der Waals surface area contributed by atoms with Crippen LogP contribution < -0.4 is 29.7 Å². The van der Waals surface area contributed by atoms with Crippen molar-refractivity contribution >= 4 is 29.0 Å². The Morgan fingerprint density at radius 3 is 2.33 bits per heavy atom. The van der Waals surface area contributed by atoms with Gasteiger partial charge in [0.05, 0.1) is 36.1 Å². The van der Waals surface area contributed by atoms with Gasteiger partial charge in [-0.1, -0.05) is 53.8 Å². The van der Waals surface area contributed by atoms with E-state index in [2.05, 4.69) is 35.0 Å². The Morgan fingerprint density at radius 1 is 0.911 bits per heavy atom. The number of allylic oxidation sites excluding steroid dienone is 1. The van der Waals surface area contributed by atoms with Gasteiger partial charge in [-0.15, -0.1) is 0 Å². The van der Waals surface area contributed by atoms with Crippen molar-refractivity contribution < 1.29 is 14.3 Å². The zero-order chi connectivity index (χ0) is 31.8. The molecule has 2 aromatic heterocycles. The van der Waals surface area contributed by atoms with Gasteiger partial charge in [0.15, 0.2) is 16.3 Å². The number of hydrogen-bond acceptors (Lipinski definition) is 6. The summed E-state index contributed by atoms with van der Waals surface area (Å²) in [7, 11) is 3.13. The SMILES string of the molecule is COc1ccc(C2C(C(=O)Nc3ccccc3C)=C(C)N=c3sc(=Cc4cc(C)n(-c5ccccc5)c4C)c(=O)n32)cc1OC. The molecular weight excluding hydrogens is 584 g/mol. The van der Waals surface area contributed by atoms with Gasteiger partial charge in [-0.2, -0.15) is 0 Å². The lowest BCUT2D eigenvalue weighted by molar-refractivity contribution is -0.113. The van der Waals surface area contributed by atoms with Crippen LogP contribution in [0.3, 0.4) is 0 Å². The fourth-order valence-corrected chi connectivity index (χ4v) is 6.94. The number of thiazole rings is 1. The van der Waals surface area contributed by atoms with Crippen LogP contribution in [0.1, 0.15) is 41.0 Å². The summed E-state index contributed by atoms with van der Waals surface area (Å²) in [5.41, 5.74) is 7.10. The van der Waals surface area contributed by atoms with Gasteiger partial charge in [0.2, 0.25) is 0 Å². The van der Waals surface area contributed by atoms with E-state index in [-0.39, 0.29) is 11.5 Å². The molecule has 0 bridgehead atoms. The summed E-state index contributed by atoms with van der Waals surface area (Å²) in [5, 5.41) is 3.05. The van der Waals surface area contributed by atoms with Gasteiger partial charge >= 0.3 is 0 Å². The van der Waals surface area contributed by atoms with Crippen molar-refractivity contribution in [3.05, 3.63) is 138 Å². The Morgan fingerprint density at radius 2 is 1.62 bits per heavy atom. The first-order chi connectivity index (χ1) is 21.7. The second-order valence-corrected chi connectivity index (χ2v) is 12.0. The third kappa shape index (κ3) is 5.40. The number of ether oxygens (including phenoxy) is 2. The average molecular weight is 619 g/mol. The number of carbonyl (C=O) groups is 1. The van der Waals surface area contributed by atoms with E-state index in [1.807, 2.05) is 81.4 Å². The molecule has 5 aromatic rings. The molecule has 45 heavy (non-hydrogen) atoms. The first-order valence-corrected chi connectivity index (χ1v) is 15.4. The number of rotatable bonds is 7. The van der Waals surface area contributed by atoms with Crippen molar-refractivity contribution in [2.45, 2.75) is 33.7 Å². The molecule has 228 valence electrons. The van der Waals surface area contributed by atoms with Gasteiger partial charge in [-0.05, 0) is 86.9 Å². The Bertz CT molecular complexity index is 2150. The Hall–Kier alpha value is -5.15. The van der Waals surface area contributed by atoms with Gasteiger partial charge in [0.1, 0.15) is 0 Å². The molecule has 0 fully saturated rings. The third-order valence-corrected chi connectivity index (χ3v) is 9.14. The summed E-state index contributed by atoms with van der Waals surface area (Å²) in [4.78, 5) is 33.6. The lowest BCUT2D eigenvalue weighted by Crippen LogP contribution is -2.40. The molecule has 1 unspecified atom stereocenters. The second kappa shape index (κ2) is 12.1. The number of nitrogens with zero attached hydrogens (tertiary/aromatic N) is 3. The lowest BCUT2D eigenvalue weighted by atomic mass is 9.94. The maximum absolute atomic E-state index is 14.3. The number of carbonyl (C=O) groups excluding carboxylic acids is 1. The second-order valence-electron chi connectivity index (χ2n) is 11.0. The van der Waals surface area contributed by atoms with Gasteiger partial charge in [-0.25, -0.2) is 4.99 Å². The van der Waals surface area contributed by atoms with E-state index in [1.165, 1.54) is 11.3 Å². The monoisotopic (exact) mass is 618 g/mol. The molecule has 3 aromatic carbocycles.